The molecule has 2 aliphatic rings. The van der Waals surface area contributed by atoms with Crippen molar-refractivity contribution >= 4 is 41.8 Å². The van der Waals surface area contributed by atoms with Crippen molar-refractivity contribution in [2.75, 3.05) is 31.8 Å². The lowest BCUT2D eigenvalue weighted by atomic mass is 10.1. The number of ether oxygens (including phenoxy) is 3. The molecule has 20 nitrogen and oxygen atoms in total. The van der Waals surface area contributed by atoms with Crippen LogP contribution in [0.4, 0.5) is 11.6 Å². The molecule has 4 aromatic heterocycles. The van der Waals surface area contributed by atoms with Crippen LogP contribution in [0.5, 0.6) is 0 Å². The molecule has 0 radical (unpaired) electrons. The minimum atomic E-state index is -4.96. The van der Waals surface area contributed by atoms with Gasteiger partial charge in [-0.1, -0.05) is 0 Å². The van der Waals surface area contributed by atoms with Gasteiger partial charge >= 0.3 is 7.82 Å². The second-order valence-corrected chi connectivity index (χ2v) is 10.9. The second kappa shape index (κ2) is 11.0. The van der Waals surface area contributed by atoms with Crippen LogP contribution in [0.1, 0.15) is 12.5 Å². The lowest BCUT2D eigenvalue weighted by Crippen LogP contribution is -2.36. The predicted molar refractivity (Wildman–Crippen MR) is 138 cm³/mol. The van der Waals surface area contributed by atoms with Gasteiger partial charge < -0.3 is 45.9 Å². The molecule has 4 unspecified atom stereocenters. The summed E-state index contributed by atoms with van der Waals surface area (Å²) in [6, 6.07) is 0. The molecule has 0 aliphatic carbocycles. The third-order valence-electron chi connectivity index (χ3n) is 7.06. The van der Waals surface area contributed by atoms with E-state index in [4.69, 9.17) is 34.7 Å². The van der Waals surface area contributed by atoms with Crippen molar-refractivity contribution in [3.63, 3.8) is 0 Å². The molecular formula is C21H27N10O10P. The predicted octanol–water partition coefficient (Wildman–Crippen LogP) is -2.14. The van der Waals surface area contributed by atoms with Crippen molar-refractivity contribution < 1.29 is 48.0 Å². The molecule has 6 rings (SSSR count). The number of nitrogens with two attached hydrogens (primary N) is 2. The first-order valence-electron chi connectivity index (χ1n) is 12.5. The Balaban J connectivity index is 1.19. The first-order chi connectivity index (χ1) is 20.1. The van der Waals surface area contributed by atoms with E-state index < -0.39 is 70.1 Å². The van der Waals surface area contributed by atoms with E-state index in [2.05, 4.69) is 29.9 Å². The molecule has 0 saturated carbocycles. The van der Waals surface area contributed by atoms with Crippen LogP contribution < -0.4 is 11.5 Å². The van der Waals surface area contributed by atoms with Gasteiger partial charge in [-0.25, -0.2) is 34.5 Å². The van der Waals surface area contributed by atoms with E-state index in [1.807, 2.05) is 0 Å². The molecule has 8 N–H and O–H groups in total. The van der Waals surface area contributed by atoms with Crippen molar-refractivity contribution in [2.24, 2.45) is 0 Å². The third kappa shape index (κ3) is 4.86. The molecule has 226 valence electrons. The average Bonchev–Trinajstić information content (AvgIpc) is 3.72. The molecule has 0 aromatic carbocycles. The first kappa shape index (κ1) is 28.7. The molecular weight excluding hydrogens is 583 g/mol. The van der Waals surface area contributed by atoms with Gasteiger partial charge in [0.2, 0.25) is 0 Å². The zero-order valence-electron chi connectivity index (χ0n) is 21.8. The highest BCUT2D eigenvalue weighted by atomic mass is 31.2. The van der Waals surface area contributed by atoms with Gasteiger partial charge in [0.25, 0.3) is 0 Å². The Bertz CT molecular complexity index is 1640. The summed E-state index contributed by atoms with van der Waals surface area (Å²) in [6.07, 6.45) is -4.81. The Morgan fingerprint density at radius 2 is 1.40 bits per heavy atom. The number of phosphoric acid groups is 1. The lowest BCUT2D eigenvalue weighted by Gasteiger charge is -2.25. The summed E-state index contributed by atoms with van der Waals surface area (Å²) in [4.78, 5) is 34.9. The van der Waals surface area contributed by atoms with Crippen LogP contribution in [0.25, 0.3) is 22.3 Å². The highest BCUT2D eigenvalue weighted by molar-refractivity contribution is 7.47. The summed E-state index contributed by atoms with van der Waals surface area (Å²) in [5.41, 5.74) is 12.7. The van der Waals surface area contributed by atoms with Crippen LogP contribution in [0.15, 0.2) is 25.3 Å². The Kier molecular flexibility index (Phi) is 7.51. The summed E-state index contributed by atoms with van der Waals surface area (Å²) < 4.78 is 43.4. The molecule has 21 heteroatoms. The quantitative estimate of drug-likeness (QED) is 0.110. The summed E-state index contributed by atoms with van der Waals surface area (Å²) in [7, 11) is -3.60. The normalized spacial score (nSPS) is 31.3. The molecule has 4 aromatic rings. The maximum Gasteiger partial charge on any atom is 0.472 e. The van der Waals surface area contributed by atoms with Crippen molar-refractivity contribution in [3.05, 3.63) is 25.3 Å². The highest BCUT2D eigenvalue weighted by Gasteiger charge is 2.51. The van der Waals surface area contributed by atoms with Crippen LogP contribution in [-0.4, -0.2) is 116 Å². The van der Waals surface area contributed by atoms with Crippen molar-refractivity contribution in [1.82, 2.24) is 39.0 Å². The van der Waals surface area contributed by atoms with Gasteiger partial charge in [0, 0.05) is 7.11 Å². The van der Waals surface area contributed by atoms with Gasteiger partial charge in [-0.05, 0) is 0 Å². The standard InChI is InChI=1S/C21H27N10O10P/c1-37-14-13(34)9(40-20(14)30-6-28-10-16(22)24-4-26-18(10)30)3-38-42(35,36)41-15-12(33)8(2-32)39-21(15)31-7-29-11-17(23)25-5-27-19(11)31/h4-9,12-15,20-21,32-34H,2-3H2,1H3,(H,35,36)(H2,22,24,26)(H2,23,25,27)/t8-,9-,12+,13?,14?,15?,20-,21-/m1/s1. The number of methoxy groups -OCH3 is 1. The van der Waals surface area contributed by atoms with E-state index in [0.29, 0.717) is 11.2 Å². The average molecular weight is 610 g/mol. The van der Waals surface area contributed by atoms with Gasteiger partial charge in [0.15, 0.2) is 35.4 Å². The number of imidazole rings is 2. The number of aromatic nitrogens is 8. The zero-order chi connectivity index (χ0) is 29.8. The third-order valence-corrected chi connectivity index (χ3v) is 8.04. The lowest BCUT2D eigenvalue weighted by molar-refractivity contribution is -0.0644. The summed E-state index contributed by atoms with van der Waals surface area (Å²) in [6.45, 7) is -1.25. The zero-order valence-corrected chi connectivity index (χ0v) is 22.7. The number of aliphatic hydroxyl groups excluding tert-OH is 3. The molecule has 42 heavy (non-hydrogen) atoms. The molecule has 0 spiro atoms. The van der Waals surface area contributed by atoms with E-state index in [1.165, 1.54) is 41.6 Å². The molecule has 2 aliphatic heterocycles. The van der Waals surface area contributed by atoms with Crippen LogP contribution in [0.2, 0.25) is 0 Å². The number of anilines is 2. The van der Waals surface area contributed by atoms with Gasteiger partial charge in [0.05, 0.1) is 25.9 Å². The summed E-state index contributed by atoms with van der Waals surface area (Å²) in [5, 5.41) is 31.3. The van der Waals surface area contributed by atoms with Crippen molar-refractivity contribution in [1.29, 1.82) is 0 Å². The molecule has 0 bridgehead atoms. The number of hydrogen-bond donors (Lipinski definition) is 6. The van der Waals surface area contributed by atoms with Gasteiger partial charge in [-0.15, -0.1) is 0 Å². The molecule has 2 saturated heterocycles. The minimum absolute atomic E-state index is 0.0760. The number of phosphoric ester groups is 1. The van der Waals surface area contributed by atoms with E-state index in [-0.39, 0.29) is 22.8 Å². The molecule has 2 fully saturated rings. The number of aliphatic hydroxyl groups is 3. The van der Waals surface area contributed by atoms with Crippen LogP contribution in [0.3, 0.4) is 0 Å². The van der Waals surface area contributed by atoms with E-state index >= 15 is 0 Å². The fourth-order valence-corrected chi connectivity index (χ4v) is 5.94. The number of rotatable bonds is 9. The summed E-state index contributed by atoms with van der Waals surface area (Å²) in [5.74, 6) is 0.218. The SMILES string of the molecule is COC1C(O)[C@@H](COP(=O)(O)OC2[C@@H](O)[C@@H](CO)O[C@H]2n2cnc3c(N)ncnc32)O[C@H]1n1cnc2c(N)ncnc21. The van der Waals surface area contributed by atoms with Gasteiger partial charge in [0.1, 0.15) is 60.3 Å². The van der Waals surface area contributed by atoms with Crippen LogP contribution in [-0.2, 0) is 27.8 Å². The first-order valence-corrected chi connectivity index (χ1v) is 14.0. The van der Waals surface area contributed by atoms with Crippen molar-refractivity contribution in [3.8, 4) is 0 Å². The Hall–Kier alpha value is -3.43. The number of nitrogens with zero attached hydrogens (tertiary/aromatic N) is 8. The number of fused-ring (bicyclic) bond motifs is 2. The van der Waals surface area contributed by atoms with Crippen LogP contribution >= 0.6 is 7.82 Å². The van der Waals surface area contributed by atoms with E-state index in [0.717, 1.165) is 0 Å². The monoisotopic (exact) mass is 610 g/mol. The molecule has 9 atom stereocenters. The fourth-order valence-electron chi connectivity index (χ4n) is 5.01. The summed E-state index contributed by atoms with van der Waals surface area (Å²) >= 11 is 0. The topological polar surface area (TPSA) is 283 Å². The Morgan fingerprint density at radius 3 is 1.95 bits per heavy atom. The smallest absolute Gasteiger partial charge is 0.394 e. The largest absolute Gasteiger partial charge is 0.472 e. The molecule has 0 amide bonds. The van der Waals surface area contributed by atoms with Crippen molar-refractivity contribution in [2.45, 2.75) is 49.1 Å². The van der Waals surface area contributed by atoms with Crippen LogP contribution in [0, 0.1) is 0 Å². The van der Waals surface area contributed by atoms with Gasteiger partial charge in [-0.2, -0.15) is 0 Å². The van der Waals surface area contributed by atoms with E-state index in [1.54, 1.807) is 0 Å². The highest BCUT2D eigenvalue weighted by Crippen LogP contribution is 2.50. The second-order valence-electron chi connectivity index (χ2n) is 9.49. The fraction of sp³-hybridized carbons (Fsp3) is 0.524. The number of nitrogen functional groups attached to an aromatic ring is 2. The number of hydrogen-bond acceptors (Lipinski definition) is 17. The maximum absolute atomic E-state index is 13.1. The minimum Gasteiger partial charge on any atom is -0.394 e. The van der Waals surface area contributed by atoms with Gasteiger partial charge in [-0.3, -0.25) is 18.2 Å². The Labute approximate surface area is 235 Å². The maximum atomic E-state index is 13.1. The molecule has 6 heterocycles. The Morgan fingerprint density at radius 1 is 0.881 bits per heavy atom. The van der Waals surface area contributed by atoms with E-state index in [9.17, 15) is 24.8 Å².